The maximum atomic E-state index is 9.29. The molecule has 0 saturated carbocycles. The average Bonchev–Trinajstić information content (AvgIpc) is 2.47. The van der Waals surface area contributed by atoms with Gasteiger partial charge in [0.25, 0.3) is 0 Å². The number of likely N-dealkylation sites (tertiary alicyclic amines) is 1. The summed E-state index contributed by atoms with van der Waals surface area (Å²) in [5, 5.41) is 17.8. The lowest BCUT2D eigenvalue weighted by molar-refractivity contribution is 0.158. The fraction of sp³-hybridized carbons (Fsp3) is 0.889. The lowest BCUT2D eigenvalue weighted by Crippen LogP contribution is -2.33. The van der Waals surface area contributed by atoms with Crippen LogP contribution >= 0.6 is 0 Å². The predicted octanol–water partition coefficient (Wildman–Crippen LogP) is 0.745. The van der Waals surface area contributed by atoms with Gasteiger partial charge in [-0.15, -0.1) is 0 Å². The molecule has 0 amide bonds. The molecule has 0 aromatic heterocycles. The topological polar surface area (TPSA) is 47.3 Å². The molecule has 0 aromatic carbocycles. The first kappa shape index (κ1) is 9.50. The van der Waals surface area contributed by atoms with Crippen LogP contribution in [0.15, 0.2) is 0 Å². The lowest BCUT2D eigenvalue weighted by Gasteiger charge is -2.23. The Morgan fingerprint density at radius 3 is 2.92 bits per heavy atom. The molecule has 1 N–H and O–H groups in total. The highest BCUT2D eigenvalue weighted by atomic mass is 16.3. The monoisotopic (exact) mass is 168 g/mol. The first-order valence-electron chi connectivity index (χ1n) is 4.57. The highest BCUT2D eigenvalue weighted by molar-refractivity contribution is 4.86. The Hall–Kier alpha value is -0.590. The number of β-amino-alcohol motifs (C(OH)–C–C–N with tert-alkyl or cyclic N) is 1. The van der Waals surface area contributed by atoms with Crippen LogP contribution in [-0.4, -0.2) is 35.2 Å². The zero-order valence-electron chi connectivity index (χ0n) is 7.53. The van der Waals surface area contributed by atoms with Gasteiger partial charge in [-0.2, -0.15) is 5.26 Å². The minimum absolute atomic E-state index is 0.169. The average molecular weight is 168 g/mol. The molecule has 1 fully saturated rings. The molecule has 2 atom stereocenters. The Balaban J connectivity index is 2.39. The van der Waals surface area contributed by atoms with Crippen molar-refractivity contribution in [3.63, 3.8) is 0 Å². The second kappa shape index (κ2) is 4.44. The molecule has 0 bridgehead atoms. The van der Waals surface area contributed by atoms with Gasteiger partial charge in [0.2, 0.25) is 0 Å². The minimum Gasteiger partial charge on any atom is -0.392 e. The van der Waals surface area contributed by atoms with Gasteiger partial charge in [0.15, 0.2) is 0 Å². The van der Waals surface area contributed by atoms with Gasteiger partial charge < -0.3 is 5.11 Å². The summed E-state index contributed by atoms with van der Waals surface area (Å²) >= 11 is 0. The van der Waals surface area contributed by atoms with Gasteiger partial charge in [0.05, 0.1) is 18.6 Å². The van der Waals surface area contributed by atoms with E-state index in [2.05, 4.69) is 17.9 Å². The van der Waals surface area contributed by atoms with Crippen LogP contribution in [0.25, 0.3) is 0 Å². The standard InChI is InChI=1S/C9H16N2O/c1-2-8(3-5-10)11-6-4-9(12)7-11/h8-9,12H,2-4,6-7H2,1H3/t8?,9-/m0/s1. The van der Waals surface area contributed by atoms with E-state index in [9.17, 15) is 5.11 Å². The van der Waals surface area contributed by atoms with Crippen LogP contribution in [-0.2, 0) is 0 Å². The highest BCUT2D eigenvalue weighted by Gasteiger charge is 2.25. The van der Waals surface area contributed by atoms with Gasteiger partial charge in [0.1, 0.15) is 0 Å². The van der Waals surface area contributed by atoms with Crippen molar-refractivity contribution >= 4 is 0 Å². The van der Waals surface area contributed by atoms with Gasteiger partial charge in [-0.1, -0.05) is 6.92 Å². The second-order valence-electron chi connectivity index (χ2n) is 3.36. The minimum atomic E-state index is -0.169. The van der Waals surface area contributed by atoms with Crippen LogP contribution in [0, 0.1) is 11.3 Å². The van der Waals surface area contributed by atoms with Gasteiger partial charge in [-0.3, -0.25) is 4.90 Å². The molecule has 1 aliphatic heterocycles. The van der Waals surface area contributed by atoms with E-state index in [1.54, 1.807) is 0 Å². The number of nitrogens with zero attached hydrogens (tertiary/aromatic N) is 2. The predicted molar refractivity (Wildman–Crippen MR) is 46.5 cm³/mol. The molecule has 0 aromatic rings. The summed E-state index contributed by atoms with van der Waals surface area (Å²) in [5.74, 6) is 0. The lowest BCUT2D eigenvalue weighted by atomic mass is 10.1. The summed E-state index contributed by atoms with van der Waals surface area (Å²) in [6.45, 7) is 3.79. The molecule has 68 valence electrons. The number of aliphatic hydroxyl groups excluding tert-OH is 1. The molecule has 0 spiro atoms. The largest absolute Gasteiger partial charge is 0.392 e. The van der Waals surface area contributed by atoms with E-state index in [4.69, 9.17) is 5.26 Å². The molecule has 1 saturated heterocycles. The first-order valence-corrected chi connectivity index (χ1v) is 4.57. The van der Waals surface area contributed by atoms with E-state index in [1.165, 1.54) is 0 Å². The molecule has 1 aliphatic rings. The highest BCUT2D eigenvalue weighted by Crippen LogP contribution is 2.16. The molecule has 3 heteroatoms. The normalized spacial score (nSPS) is 26.9. The maximum Gasteiger partial charge on any atom is 0.0679 e. The molecule has 3 nitrogen and oxygen atoms in total. The van der Waals surface area contributed by atoms with Crippen molar-refractivity contribution in [1.29, 1.82) is 5.26 Å². The second-order valence-corrected chi connectivity index (χ2v) is 3.36. The fourth-order valence-corrected chi connectivity index (χ4v) is 1.74. The maximum absolute atomic E-state index is 9.29. The Bertz CT molecular complexity index is 176. The zero-order valence-corrected chi connectivity index (χ0v) is 7.53. The fourth-order valence-electron chi connectivity index (χ4n) is 1.74. The van der Waals surface area contributed by atoms with Crippen LogP contribution in [0.3, 0.4) is 0 Å². The summed E-state index contributed by atoms with van der Waals surface area (Å²) in [4.78, 5) is 2.22. The Morgan fingerprint density at radius 1 is 1.75 bits per heavy atom. The van der Waals surface area contributed by atoms with Crippen molar-refractivity contribution in [2.75, 3.05) is 13.1 Å². The third kappa shape index (κ3) is 2.20. The van der Waals surface area contributed by atoms with Gasteiger partial charge in [0, 0.05) is 19.1 Å². The van der Waals surface area contributed by atoms with Crippen molar-refractivity contribution in [3.05, 3.63) is 0 Å². The number of rotatable bonds is 3. The van der Waals surface area contributed by atoms with Gasteiger partial charge in [-0.25, -0.2) is 0 Å². The molecule has 1 unspecified atom stereocenters. The summed E-state index contributed by atoms with van der Waals surface area (Å²) in [6, 6.07) is 2.54. The van der Waals surface area contributed by atoms with Gasteiger partial charge >= 0.3 is 0 Å². The molecule has 0 aliphatic carbocycles. The van der Waals surface area contributed by atoms with E-state index in [1.807, 2.05) is 0 Å². The van der Waals surface area contributed by atoms with Crippen LogP contribution in [0.1, 0.15) is 26.2 Å². The van der Waals surface area contributed by atoms with Crippen LogP contribution in [0.5, 0.6) is 0 Å². The van der Waals surface area contributed by atoms with Crippen molar-refractivity contribution in [1.82, 2.24) is 4.90 Å². The molecule has 12 heavy (non-hydrogen) atoms. The zero-order chi connectivity index (χ0) is 8.97. The van der Waals surface area contributed by atoms with Crippen LogP contribution < -0.4 is 0 Å². The SMILES string of the molecule is CCC(CC#N)N1CC[C@H](O)C1. The summed E-state index contributed by atoms with van der Waals surface area (Å²) in [7, 11) is 0. The number of nitriles is 1. The summed E-state index contributed by atoms with van der Waals surface area (Å²) in [6.07, 6.45) is 2.28. The van der Waals surface area contributed by atoms with Crippen LogP contribution in [0.4, 0.5) is 0 Å². The van der Waals surface area contributed by atoms with Crippen molar-refractivity contribution in [3.8, 4) is 6.07 Å². The molecule has 1 heterocycles. The molecule has 1 rings (SSSR count). The van der Waals surface area contributed by atoms with E-state index < -0.39 is 0 Å². The van der Waals surface area contributed by atoms with Gasteiger partial charge in [-0.05, 0) is 12.8 Å². The number of hydrogen-bond donors (Lipinski definition) is 1. The smallest absolute Gasteiger partial charge is 0.0679 e. The summed E-state index contributed by atoms with van der Waals surface area (Å²) < 4.78 is 0. The Kier molecular flexibility index (Phi) is 3.51. The first-order chi connectivity index (χ1) is 5.77. The van der Waals surface area contributed by atoms with E-state index >= 15 is 0 Å². The van der Waals surface area contributed by atoms with Crippen molar-refractivity contribution in [2.45, 2.75) is 38.3 Å². The third-order valence-electron chi connectivity index (χ3n) is 2.51. The van der Waals surface area contributed by atoms with E-state index in [0.29, 0.717) is 12.5 Å². The van der Waals surface area contributed by atoms with Crippen LogP contribution in [0.2, 0.25) is 0 Å². The van der Waals surface area contributed by atoms with Crippen molar-refractivity contribution in [2.24, 2.45) is 0 Å². The Labute approximate surface area is 73.6 Å². The molecular formula is C9H16N2O. The summed E-state index contributed by atoms with van der Waals surface area (Å²) in [5.41, 5.74) is 0. The Morgan fingerprint density at radius 2 is 2.50 bits per heavy atom. The molecule has 0 radical (unpaired) electrons. The van der Waals surface area contributed by atoms with E-state index in [-0.39, 0.29) is 6.10 Å². The third-order valence-corrected chi connectivity index (χ3v) is 2.51. The molecular weight excluding hydrogens is 152 g/mol. The quantitative estimate of drug-likeness (QED) is 0.676. The van der Waals surface area contributed by atoms with E-state index in [0.717, 1.165) is 25.9 Å². The van der Waals surface area contributed by atoms with Crippen molar-refractivity contribution < 1.29 is 5.11 Å². The number of aliphatic hydroxyl groups is 1. The number of hydrogen-bond acceptors (Lipinski definition) is 3.